The van der Waals surface area contributed by atoms with Crippen molar-refractivity contribution in [1.29, 1.82) is 0 Å². The maximum absolute atomic E-state index is 5.85. The molecule has 0 heterocycles. The van der Waals surface area contributed by atoms with Gasteiger partial charge in [0.25, 0.3) is 0 Å². The molecule has 0 atom stereocenters. The monoisotopic (exact) mass is 229 g/mol. The van der Waals surface area contributed by atoms with Gasteiger partial charge in [0.15, 0.2) is 6.29 Å². The molecule has 0 N–H and O–H groups in total. The first-order valence-corrected chi connectivity index (χ1v) is 6.17. The van der Waals surface area contributed by atoms with Crippen LogP contribution < -0.4 is 0 Å². The van der Waals surface area contributed by atoms with E-state index in [9.17, 15) is 0 Å². The lowest BCUT2D eigenvalue weighted by Gasteiger charge is -2.38. The molecule has 0 aliphatic heterocycles. The first kappa shape index (κ1) is 15.9. The van der Waals surface area contributed by atoms with Gasteiger partial charge < -0.3 is 9.47 Å². The van der Waals surface area contributed by atoms with Crippen LogP contribution in [0.5, 0.6) is 0 Å². The van der Waals surface area contributed by atoms with Gasteiger partial charge in [-0.2, -0.15) is 0 Å². The molecule has 0 saturated heterocycles. The molecule has 0 bridgehead atoms. The second-order valence-electron chi connectivity index (χ2n) is 6.18. The molecule has 0 aromatic heterocycles. The summed E-state index contributed by atoms with van der Waals surface area (Å²) in [6.07, 6.45) is -0.421. The summed E-state index contributed by atoms with van der Waals surface area (Å²) in [4.78, 5) is 0. The highest BCUT2D eigenvalue weighted by Crippen LogP contribution is 2.27. The SMILES string of the molecule is [CH2]C(OC(C)(C)C(C)C)OC(C)(C)C(C)C. The predicted molar refractivity (Wildman–Crippen MR) is 69.1 cm³/mol. The Balaban J connectivity index is 4.34. The Kier molecular flexibility index (Phi) is 5.48. The van der Waals surface area contributed by atoms with E-state index in [1.165, 1.54) is 0 Å². The van der Waals surface area contributed by atoms with E-state index in [1.807, 2.05) is 0 Å². The molecular formula is C14H29O2. The molecule has 0 saturated carbocycles. The van der Waals surface area contributed by atoms with Crippen LogP contribution in [0, 0.1) is 18.8 Å². The molecule has 97 valence electrons. The smallest absolute Gasteiger partial charge is 0.159 e. The lowest BCUT2D eigenvalue weighted by molar-refractivity contribution is -0.238. The standard InChI is InChI=1S/C14H29O2/c1-10(2)13(6,7)15-12(5)16-14(8,9)11(3)4/h10-12H,5H2,1-4,6-9H3. The van der Waals surface area contributed by atoms with E-state index < -0.39 is 6.29 Å². The van der Waals surface area contributed by atoms with E-state index in [1.54, 1.807) is 0 Å². The van der Waals surface area contributed by atoms with Crippen molar-refractivity contribution >= 4 is 0 Å². The molecule has 0 amide bonds. The predicted octanol–water partition coefficient (Wildman–Crippen LogP) is 4.05. The van der Waals surface area contributed by atoms with Crippen LogP contribution in [0.2, 0.25) is 0 Å². The topological polar surface area (TPSA) is 18.5 Å². The molecule has 0 aliphatic rings. The van der Waals surface area contributed by atoms with Gasteiger partial charge in [0.05, 0.1) is 11.2 Å². The third-order valence-corrected chi connectivity index (χ3v) is 3.65. The molecule has 2 heteroatoms. The molecule has 1 radical (unpaired) electrons. The molecule has 0 unspecified atom stereocenters. The normalized spacial score (nSPS) is 14.2. The highest BCUT2D eigenvalue weighted by molar-refractivity contribution is 4.77. The van der Waals surface area contributed by atoms with Gasteiger partial charge >= 0.3 is 0 Å². The third kappa shape index (κ3) is 4.84. The lowest BCUT2D eigenvalue weighted by atomic mass is 9.94. The maximum atomic E-state index is 5.85. The van der Waals surface area contributed by atoms with E-state index in [0.29, 0.717) is 11.8 Å². The molecule has 0 aromatic rings. The summed E-state index contributed by atoms with van der Waals surface area (Å²) in [6, 6.07) is 0. The van der Waals surface area contributed by atoms with Gasteiger partial charge in [-0.25, -0.2) is 0 Å². The zero-order valence-corrected chi connectivity index (χ0v) is 12.3. The van der Waals surface area contributed by atoms with Crippen molar-refractivity contribution in [2.45, 2.75) is 72.9 Å². The Morgan fingerprint density at radius 2 is 1.00 bits per heavy atom. The van der Waals surface area contributed by atoms with E-state index in [4.69, 9.17) is 9.47 Å². The van der Waals surface area contributed by atoms with Crippen LogP contribution >= 0.6 is 0 Å². The summed E-state index contributed by atoms with van der Waals surface area (Å²) in [5.41, 5.74) is -0.418. The van der Waals surface area contributed by atoms with E-state index in [0.717, 1.165) is 0 Å². The van der Waals surface area contributed by atoms with Crippen LogP contribution in [0.4, 0.5) is 0 Å². The summed E-state index contributed by atoms with van der Waals surface area (Å²) in [5, 5.41) is 0. The Labute approximate surface area is 102 Å². The van der Waals surface area contributed by atoms with Gasteiger partial charge in [-0.15, -0.1) is 0 Å². The van der Waals surface area contributed by atoms with Crippen molar-refractivity contribution in [1.82, 2.24) is 0 Å². The number of rotatable bonds is 6. The van der Waals surface area contributed by atoms with Crippen LogP contribution in [0.1, 0.15) is 55.4 Å². The van der Waals surface area contributed by atoms with E-state index >= 15 is 0 Å². The van der Waals surface area contributed by atoms with Gasteiger partial charge in [-0.1, -0.05) is 27.7 Å². The van der Waals surface area contributed by atoms with Gasteiger partial charge in [0.1, 0.15) is 0 Å². The fourth-order valence-electron chi connectivity index (χ4n) is 0.974. The van der Waals surface area contributed by atoms with Crippen molar-refractivity contribution in [2.24, 2.45) is 11.8 Å². The average molecular weight is 229 g/mol. The second-order valence-corrected chi connectivity index (χ2v) is 6.18. The summed E-state index contributed by atoms with van der Waals surface area (Å²) in [7, 11) is 0. The minimum atomic E-state index is -0.421. The first-order valence-electron chi connectivity index (χ1n) is 6.17. The zero-order valence-electron chi connectivity index (χ0n) is 12.3. The molecule has 0 fully saturated rings. The van der Waals surface area contributed by atoms with Gasteiger partial charge in [-0.3, -0.25) is 0 Å². The van der Waals surface area contributed by atoms with Gasteiger partial charge in [0.2, 0.25) is 0 Å². The highest BCUT2D eigenvalue weighted by Gasteiger charge is 2.30. The maximum Gasteiger partial charge on any atom is 0.159 e. The minimum absolute atomic E-state index is 0.209. The minimum Gasteiger partial charge on any atom is -0.347 e. The molecule has 16 heavy (non-hydrogen) atoms. The molecule has 0 aromatic carbocycles. The summed E-state index contributed by atoms with van der Waals surface area (Å²) in [5.74, 6) is 0.866. The molecular weight excluding hydrogens is 200 g/mol. The Morgan fingerprint density at radius 3 is 1.19 bits per heavy atom. The molecule has 0 aliphatic carbocycles. The fraction of sp³-hybridized carbons (Fsp3) is 0.929. The summed E-state index contributed by atoms with van der Waals surface area (Å²) < 4.78 is 11.7. The summed E-state index contributed by atoms with van der Waals surface area (Å²) in [6.45, 7) is 20.8. The van der Waals surface area contributed by atoms with Crippen molar-refractivity contribution in [3.8, 4) is 0 Å². The van der Waals surface area contributed by atoms with E-state index in [2.05, 4.69) is 62.3 Å². The van der Waals surface area contributed by atoms with Gasteiger partial charge in [0, 0.05) is 6.92 Å². The average Bonchev–Trinajstić information content (AvgIpc) is 2.00. The van der Waals surface area contributed by atoms with Crippen molar-refractivity contribution in [3.63, 3.8) is 0 Å². The van der Waals surface area contributed by atoms with Crippen molar-refractivity contribution in [3.05, 3.63) is 6.92 Å². The largest absolute Gasteiger partial charge is 0.347 e. The van der Waals surface area contributed by atoms with Crippen molar-refractivity contribution < 1.29 is 9.47 Å². The molecule has 0 rings (SSSR count). The second kappa shape index (κ2) is 5.50. The Morgan fingerprint density at radius 1 is 0.750 bits per heavy atom. The Bertz CT molecular complexity index is 183. The lowest BCUT2D eigenvalue weighted by Crippen LogP contribution is -2.41. The molecule has 0 spiro atoms. The number of hydrogen-bond acceptors (Lipinski definition) is 2. The van der Waals surface area contributed by atoms with Crippen LogP contribution in [-0.4, -0.2) is 17.5 Å². The summed E-state index contributed by atoms with van der Waals surface area (Å²) >= 11 is 0. The molecule has 2 nitrogen and oxygen atoms in total. The Hall–Kier alpha value is -0.0800. The van der Waals surface area contributed by atoms with E-state index in [-0.39, 0.29) is 11.2 Å². The highest BCUT2D eigenvalue weighted by atomic mass is 16.7. The number of hydrogen-bond donors (Lipinski definition) is 0. The van der Waals surface area contributed by atoms with Crippen LogP contribution in [0.25, 0.3) is 0 Å². The zero-order chi connectivity index (χ0) is 13.1. The van der Waals surface area contributed by atoms with Crippen LogP contribution in [0.3, 0.4) is 0 Å². The van der Waals surface area contributed by atoms with Crippen molar-refractivity contribution in [2.75, 3.05) is 0 Å². The fourth-order valence-corrected chi connectivity index (χ4v) is 0.974. The van der Waals surface area contributed by atoms with Gasteiger partial charge in [-0.05, 0) is 39.5 Å². The van der Waals surface area contributed by atoms with Crippen LogP contribution in [-0.2, 0) is 9.47 Å². The first-order chi connectivity index (χ1) is 6.99. The quantitative estimate of drug-likeness (QED) is 0.640. The number of ether oxygens (including phenoxy) is 2. The van der Waals surface area contributed by atoms with Crippen LogP contribution in [0.15, 0.2) is 0 Å². The third-order valence-electron chi connectivity index (χ3n) is 3.65.